The molecule has 0 radical (unpaired) electrons. The first-order chi connectivity index (χ1) is 9.63. The number of fused-ring (bicyclic) bond motifs is 1. The Hall–Kier alpha value is -1.69. The maximum Gasteiger partial charge on any atom is 0.228 e. The second-order valence-electron chi connectivity index (χ2n) is 5.27. The van der Waals surface area contributed by atoms with Gasteiger partial charge in [-0.2, -0.15) is 5.10 Å². The highest BCUT2D eigenvalue weighted by Crippen LogP contribution is 2.23. The Bertz CT molecular complexity index is 631. The fourth-order valence-corrected chi connectivity index (χ4v) is 3.22. The molecule has 0 saturated carbocycles. The van der Waals surface area contributed by atoms with Crippen molar-refractivity contribution in [1.29, 1.82) is 0 Å². The largest absolute Gasteiger partial charge is 0.339 e. The minimum Gasteiger partial charge on any atom is -0.339 e. The number of thiazole rings is 1. The quantitative estimate of drug-likeness (QED) is 0.935. The van der Waals surface area contributed by atoms with Gasteiger partial charge in [-0.15, -0.1) is 11.3 Å². The normalized spacial score (nSPS) is 13.5. The first-order valence-electron chi connectivity index (χ1n) is 6.83. The van der Waals surface area contributed by atoms with Gasteiger partial charge < -0.3 is 4.90 Å². The summed E-state index contributed by atoms with van der Waals surface area (Å²) in [6, 6.07) is 0. The molecule has 0 bridgehead atoms. The number of hydrogen-bond donors (Lipinski definition) is 1. The molecule has 0 atom stereocenters. The van der Waals surface area contributed by atoms with Gasteiger partial charge in [-0.25, -0.2) is 4.98 Å². The lowest BCUT2D eigenvalue weighted by Gasteiger charge is -2.15. The molecular formula is C14H18N4OS. The number of hydrogen-bond acceptors (Lipinski definition) is 4. The summed E-state index contributed by atoms with van der Waals surface area (Å²) in [6.07, 6.45) is 3.71. The van der Waals surface area contributed by atoms with Gasteiger partial charge in [-0.05, 0) is 31.7 Å². The first kappa shape index (κ1) is 13.3. The van der Waals surface area contributed by atoms with Crippen LogP contribution in [0.5, 0.6) is 0 Å². The number of H-pyrrole nitrogens is 1. The SMILES string of the molecule is Cc1nc(CC(=O)N(C)Cc2n[nH]c3c2CCC3)cs1. The van der Waals surface area contributed by atoms with Gasteiger partial charge in [0, 0.05) is 18.1 Å². The summed E-state index contributed by atoms with van der Waals surface area (Å²) in [5.41, 5.74) is 4.43. The van der Waals surface area contributed by atoms with Crippen molar-refractivity contribution >= 4 is 17.2 Å². The van der Waals surface area contributed by atoms with E-state index in [0.717, 1.165) is 29.2 Å². The van der Waals surface area contributed by atoms with Crippen LogP contribution in [0.4, 0.5) is 0 Å². The number of nitrogens with one attached hydrogen (secondary N) is 1. The van der Waals surface area contributed by atoms with Gasteiger partial charge in [0.15, 0.2) is 0 Å². The zero-order chi connectivity index (χ0) is 14.1. The lowest BCUT2D eigenvalue weighted by Crippen LogP contribution is -2.28. The molecule has 3 rings (SSSR count). The van der Waals surface area contributed by atoms with Crippen LogP contribution in [0.25, 0.3) is 0 Å². The van der Waals surface area contributed by atoms with Crippen LogP contribution >= 0.6 is 11.3 Å². The van der Waals surface area contributed by atoms with Crippen LogP contribution in [-0.2, 0) is 30.6 Å². The average molecular weight is 290 g/mol. The Balaban J connectivity index is 1.63. The predicted molar refractivity (Wildman–Crippen MR) is 77.6 cm³/mol. The van der Waals surface area contributed by atoms with Crippen molar-refractivity contribution in [1.82, 2.24) is 20.1 Å². The maximum atomic E-state index is 12.2. The molecule has 1 N–H and O–H groups in total. The molecule has 0 saturated heterocycles. The summed E-state index contributed by atoms with van der Waals surface area (Å²) >= 11 is 1.58. The number of nitrogens with zero attached hydrogens (tertiary/aromatic N) is 3. The lowest BCUT2D eigenvalue weighted by molar-refractivity contribution is -0.129. The Labute approximate surface area is 122 Å². The minimum atomic E-state index is 0.0880. The van der Waals surface area contributed by atoms with Crippen LogP contribution in [0, 0.1) is 6.92 Å². The van der Waals surface area contributed by atoms with Gasteiger partial charge in [0.2, 0.25) is 5.91 Å². The number of amides is 1. The summed E-state index contributed by atoms with van der Waals surface area (Å²) in [5.74, 6) is 0.0880. The third kappa shape index (κ3) is 2.60. The number of carbonyl (C=O) groups is 1. The second-order valence-corrected chi connectivity index (χ2v) is 6.33. The van der Waals surface area contributed by atoms with E-state index >= 15 is 0 Å². The third-order valence-corrected chi connectivity index (χ3v) is 4.53. The molecule has 0 unspecified atom stereocenters. The molecule has 0 spiro atoms. The zero-order valence-electron chi connectivity index (χ0n) is 11.8. The van der Waals surface area contributed by atoms with Crippen LogP contribution in [0.3, 0.4) is 0 Å². The number of rotatable bonds is 4. The highest BCUT2D eigenvalue weighted by atomic mass is 32.1. The van der Waals surface area contributed by atoms with Crippen LogP contribution in [0.1, 0.15) is 34.1 Å². The Morgan fingerprint density at radius 2 is 2.35 bits per heavy atom. The monoisotopic (exact) mass is 290 g/mol. The molecule has 2 aromatic rings. The molecule has 1 aliphatic carbocycles. The molecule has 6 heteroatoms. The van der Waals surface area contributed by atoms with Crippen molar-refractivity contribution < 1.29 is 4.79 Å². The second kappa shape index (κ2) is 5.36. The van der Waals surface area contributed by atoms with E-state index in [2.05, 4.69) is 15.2 Å². The summed E-state index contributed by atoms with van der Waals surface area (Å²) in [7, 11) is 1.83. The predicted octanol–water partition coefficient (Wildman–Crippen LogP) is 1.86. The summed E-state index contributed by atoms with van der Waals surface area (Å²) in [6.45, 7) is 2.53. The summed E-state index contributed by atoms with van der Waals surface area (Å²) < 4.78 is 0. The molecule has 1 amide bonds. The summed E-state index contributed by atoms with van der Waals surface area (Å²) in [5, 5.41) is 10.4. The highest BCUT2D eigenvalue weighted by molar-refractivity contribution is 7.09. The fourth-order valence-electron chi connectivity index (χ4n) is 2.61. The van der Waals surface area contributed by atoms with Gasteiger partial charge >= 0.3 is 0 Å². The molecule has 0 aliphatic heterocycles. The standard InChI is InChI=1S/C14H18N4OS/c1-9-15-10(8-20-9)6-14(19)18(2)7-13-11-4-3-5-12(11)16-17-13/h8H,3-7H2,1-2H3,(H,16,17). The smallest absolute Gasteiger partial charge is 0.228 e. The number of aromatic amines is 1. The highest BCUT2D eigenvalue weighted by Gasteiger charge is 2.20. The van der Waals surface area contributed by atoms with E-state index in [4.69, 9.17) is 0 Å². The van der Waals surface area contributed by atoms with Crippen molar-refractivity contribution in [2.75, 3.05) is 7.05 Å². The van der Waals surface area contributed by atoms with Crippen molar-refractivity contribution in [3.05, 3.63) is 33.0 Å². The van der Waals surface area contributed by atoms with Crippen LogP contribution in [0.15, 0.2) is 5.38 Å². The topological polar surface area (TPSA) is 61.9 Å². The van der Waals surface area contributed by atoms with E-state index in [9.17, 15) is 4.79 Å². The Kier molecular flexibility index (Phi) is 3.56. The van der Waals surface area contributed by atoms with E-state index in [1.165, 1.54) is 17.7 Å². The molecule has 20 heavy (non-hydrogen) atoms. The Morgan fingerprint density at radius 1 is 1.50 bits per heavy atom. The summed E-state index contributed by atoms with van der Waals surface area (Å²) in [4.78, 5) is 18.3. The van der Waals surface area contributed by atoms with Crippen molar-refractivity contribution in [3.63, 3.8) is 0 Å². The molecule has 1 aliphatic rings. The van der Waals surface area contributed by atoms with Crippen LogP contribution in [0.2, 0.25) is 0 Å². The number of likely N-dealkylation sites (N-methyl/N-ethyl adjacent to an activating group) is 1. The van der Waals surface area contributed by atoms with Crippen molar-refractivity contribution in [2.24, 2.45) is 0 Å². The number of aromatic nitrogens is 3. The number of carbonyl (C=O) groups excluding carboxylic acids is 1. The van der Waals surface area contributed by atoms with Gasteiger partial charge in [-0.1, -0.05) is 0 Å². The van der Waals surface area contributed by atoms with E-state index in [1.807, 2.05) is 19.4 Å². The number of aryl methyl sites for hydroxylation is 2. The lowest BCUT2D eigenvalue weighted by atomic mass is 10.2. The third-order valence-electron chi connectivity index (χ3n) is 3.70. The van der Waals surface area contributed by atoms with Gasteiger partial charge in [0.1, 0.15) is 0 Å². The van der Waals surface area contributed by atoms with Crippen LogP contribution in [-0.4, -0.2) is 33.0 Å². The van der Waals surface area contributed by atoms with Crippen molar-refractivity contribution in [2.45, 2.75) is 39.2 Å². The molecule has 2 heterocycles. The van der Waals surface area contributed by atoms with Gasteiger partial charge in [-0.3, -0.25) is 9.89 Å². The molecular weight excluding hydrogens is 272 g/mol. The Morgan fingerprint density at radius 3 is 3.10 bits per heavy atom. The zero-order valence-corrected chi connectivity index (χ0v) is 12.6. The van der Waals surface area contributed by atoms with Crippen LogP contribution < -0.4 is 0 Å². The average Bonchev–Trinajstić information content (AvgIpc) is 3.08. The van der Waals surface area contributed by atoms with Gasteiger partial charge in [0.05, 0.1) is 29.4 Å². The van der Waals surface area contributed by atoms with E-state index in [1.54, 1.807) is 16.2 Å². The van der Waals surface area contributed by atoms with E-state index in [-0.39, 0.29) is 5.91 Å². The molecule has 0 fully saturated rings. The minimum absolute atomic E-state index is 0.0880. The van der Waals surface area contributed by atoms with Gasteiger partial charge in [0.25, 0.3) is 0 Å². The fraction of sp³-hybridized carbons (Fsp3) is 0.500. The first-order valence-corrected chi connectivity index (χ1v) is 7.71. The molecule has 5 nitrogen and oxygen atoms in total. The van der Waals surface area contributed by atoms with E-state index in [0.29, 0.717) is 13.0 Å². The maximum absolute atomic E-state index is 12.2. The molecule has 0 aromatic carbocycles. The molecule has 106 valence electrons. The van der Waals surface area contributed by atoms with Crippen molar-refractivity contribution in [3.8, 4) is 0 Å². The van der Waals surface area contributed by atoms with E-state index < -0.39 is 0 Å². The molecule has 2 aromatic heterocycles.